The molecule has 0 radical (unpaired) electrons. The highest BCUT2D eigenvalue weighted by atomic mass is 35.5. The van der Waals surface area contributed by atoms with Gasteiger partial charge in [0.15, 0.2) is 0 Å². The number of aryl methyl sites for hydroxylation is 2. The maximum absolute atomic E-state index is 6.38. The van der Waals surface area contributed by atoms with Crippen molar-refractivity contribution >= 4 is 23.2 Å². The van der Waals surface area contributed by atoms with Crippen LogP contribution in [0.3, 0.4) is 0 Å². The Bertz CT molecular complexity index is 591. The fraction of sp³-hybridized carbons (Fsp3) is 0.200. The van der Waals surface area contributed by atoms with Crippen LogP contribution in [0.1, 0.15) is 16.7 Å². The lowest BCUT2D eigenvalue weighted by molar-refractivity contribution is 1.07. The lowest BCUT2D eigenvalue weighted by Gasteiger charge is -2.11. The summed E-state index contributed by atoms with van der Waals surface area (Å²) in [6.07, 6.45) is 0. The van der Waals surface area contributed by atoms with Gasteiger partial charge in [-0.25, -0.2) is 0 Å². The van der Waals surface area contributed by atoms with E-state index in [-0.39, 0.29) is 0 Å². The molecule has 0 unspecified atom stereocenters. The Hall–Kier alpha value is -1.02. The fourth-order valence-corrected chi connectivity index (χ4v) is 2.55. The summed E-state index contributed by atoms with van der Waals surface area (Å²) in [6.45, 7) is 4.52. The van der Waals surface area contributed by atoms with Crippen molar-refractivity contribution in [2.45, 2.75) is 20.4 Å². The molecular weight excluding hydrogens is 265 g/mol. The van der Waals surface area contributed by atoms with Crippen LogP contribution in [0.15, 0.2) is 30.3 Å². The molecule has 0 aliphatic rings. The van der Waals surface area contributed by atoms with E-state index in [2.05, 4.69) is 32.0 Å². The van der Waals surface area contributed by atoms with E-state index in [0.717, 1.165) is 16.7 Å². The number of nitrogens with two attached hydrogens (primary N) is 1. The zero-order valence-electron chi connectivity index (χ0n) is 10.4. The van der Waals surface area contributed by atoms with Crippen molar-refractivity contribution in [3.63, 3.8) is 0 Å². The minimum absolute atomic E-state index is 0.344. The molecule has 1 nitrogen and oxygen atoms in total. The summed E-state index contributed by atoms with van der Waals surface area (Å²) in [5.41, 5.74) is 11.1. The molecule has 0 aliphatic carbocycles. The second-order valence-corrected chi connectivity index (χ2v) is 5.18. The molecular formula is C15H15Cl2N. The number of hydrogen-bond donors (Lipinski definition) is 1. The van der Waals surface area contributed by atoms with Gasteiger partial charge in [-0.15, -0.1) is 0 Å². The molecule has 2 aromatic carbocycles. The highest BCUT2D eigenvalue weighted by Gasteiger charge is 2.11. The molecule has 2 N–H and O–H groups in total. The minimum atomic E-state index is 0.344. The Morgan fingerprint density at radius 3 is 2.33 bits per heavy atom. The quantitative estimate of drug-likeness (QED) is 0.845. The standard InChI is InChI=1S/C15H15Cl2N/c1-9-3-4-11(7-10(9)2)12-5-6-14(16)13(8-18)15(12)17/h3-7H,8,18H2,1-2H3. The number of hydrogen-bond acceptors (Lipinski definition) is 1. The monoisotopic (exact) mass is 279 g/mol. The van der Waals surface area contributed by atoms with Crippen LogP contribution in [-0.4, -0.2) is 0 Å². The maximum atomic E-state index is 6.38. The third-order valence-corrected chi connectivity index (χ3v) is 3.99. The van der Waals surface area contributed by atoms with Gasteiger partial charge < -0.3 is 5.73 Å². The van der Waals surface area contributed by atoms with E-state index < -0.39 is 0 Å². The first-order valence-corrected chi connectivity index (χ1v) is 6.54. The van der Waals surface area contributed by atoms with Crippen LogP contribution in [0.5, 0.6) is 0 Å². The van der Waals surface area contributed by atoms with E-state index in [0.29, 0.717) is 16.6 Å². The van der Waals surface area contributed by atoms with E-state index in [1.165, 1.54) is 11.1 Å². The summed E-state index contributed by atoms with van der Waals surface area (Å²) >= 11 is 12.5. The van der Waals surface area contributed by atoms with Crippen molar-refractivity contribution in [2.24, 2.45) is 5.73 Å². The van der Waals surface area contributed by atoms with Gasteiger partial charge in [-0.1, -0.05) is 47.5 Å². The predicted octanol–water partition coefficient (Wildman–Crippen LogP) is 4.74. The van der Waals surface area contributed by atoms with E-state index in [9.17, 15) is 0 Å². The molecule has 0 bridgehead atoms. The molecule has 0 atom stereocenters. The Kier molecular flexibility index (Phi) is 3.96. The summed E-state index contributed by atoms with van der Waals surface area (Å²) in [6, 6.07) is 10.1. The summed E-state index contributed by atoms with van der Waals surface area (Å²) in [7, 11) is 0. The molecule has 0 saturated carbocycles. The van der Waals surface area contributed by atoms with Gasteiger partial charge in [0, 0.05) is 22.7 Å². The summed E-state index contributed by atoms with van der Waals surface area (Å²) in [4.78, 5) is 0. The van der Waals surface area contributed by atoms with Crippen molar-refractivity contribution in [1.82, 2.24) is 0 Å². The molecule has 0 spiro atoms. The average molecular weight is 280 g/mol. The van der Waals surface area contributed by atoms with Gasteiger partial charge in [-0.3, -0.25) is 0 Å². The first kappa shape index (κ1) is 13.4. The van der Waals surface area contributed by atoms with Crippen molar-refractivity contribution in [2.75, 3.05) is 0 Å². The number of benzene rings is 2. The molecule has 2 aromatic rings. The molecule has 3 heteroatoms. The molecule has 2 rings (SSSR count). The molecule has 18 heavy (non-hydrogen) atoms. The lowest BCUT2D eigenvalue weighted by atomic mass is 9.99. The van der Waals surface area contributed by atoms with Crippen LogP contribution in [-0.2, 0) is 6.54 Å². The number of halogens is 2. The minimum Gasteiger partial charge on any atom is -0.326 e. The Morgan fingerprint density at radius 2 is 1.72 bits per heavy atom. The van der Waals surface area contributed by atoms with Crippen molar-refractivity contribution in [3.05, 3.63) is 57.1 Å². The average Bonchev–Trinajstić information content (AvgIpc) is 2.34. The van der Waals surface area contributed by atoms with Gasteiger partial charge in [0.05, 0.1) is 5.02 Å². The van der Waals surface area contributed by atoms with Crippen LogP contribution in [0.25, 0.3) is 11.1 Å². The number of rotatable bonds is 2. The highest BCUT2D eigenvalue weighted by molar-refractivity contribution is 6.37. The fourth-order valence-electron chi connectivity index (χ4n) is 1.92. The molecule has 0 aliphatic heterocycles. The second-order valence-electron chi connectivity index (χ2n) is 4.39. The second kappa shape index (κ2) is 5.31. The summed E-state index contributed by atoms with van der Waals surface area (Å²) in [5.74, 6) is 0. The van der Waals surface area contributed by atoms with Gasteiger partial charge in [-0.05, 0) is 36.6 Å². The van der Waals surface area contributed by atoms with Crippen LogP contribution in [0.2, 0.25) is 10.0 Å². The topological polar surface area (TPSA) is 26.0 Å². The van der Waals surface area contributed by atoms with Crippen molar-refractivity contribution in [1.29, 1.82) is 0 Å². The Morgan fingerprint density at radius 1 is 1.00 bits per heavy atom. The zero-order chi connectivity index (χ0) is 13.3. The molecule has 0 heterocycles. The Balaban J connectivity index is 2.60. The van der Waals surface area contributed by atoms with Crippen LogP contribution >= 0.6 is 23.2 Å². The molecule has 0 saturated heterocycles. The third kappa shape index (κ3) is 2.39. The van der Waals surface area contributed by atoms with E-state index in [1.807, 2.05) is 12.1 Å². The van der Waals surface area contributed by atoms with Gasteiger partial charge in [0.25, 0.3) is 0 Å². The maximum Gasteiger partial charge on any atom is 0.0544 e. The Labute approximate surface area is 118 Å². The lowest BCUT2D eigenvalue weighted by Crippen LogP contribution is -1.99. The van der Waals surface area contributed by atoms with Crippen LogP contribution < -0.4 is 5.73 Å². The van der Waals surface area contributed by atoms with Gasteiger partial charge in [0.2, 0.25) is 0 Å². The SMILES string of the molecule is Cc1ccc(-c2ccc(Cl)c(CN)c2Cl)cc1C. The first-order chi connectivity index (χ1) is 8.54. The third-order valence-electron chi connectivity index (χ3n) is 3.21. The van der Waals surface area contributed by atoms with E-state index in [1.54, 1.807) is 0 Å². The smallest absolute Gasteiger partial charge is 0.0544 e. The molecule has 0 fully saturated rings. The predicted molar refractivity (Wildman–Crippen MR) is 79.3 cm³/mol. The van der Waals surface area contributed by atoms with Crippen molar-refractivity contribution < 1.29 is 0 Å². The van der Waals surface area contributed by atoms with E-state index in [4.69, 9.17) is 28.9 Å². The van der Waals surface area contributed by atoms with Crippen molar-refractivity contribution in [3.8, 4) is 11.1 Å². The summed E-state index contributed by atoms with van der Waals surface area (Å²) in [5, 5.41) is 1.27. The zero-order valence-corrected chi connectivity index (χ0v) is 11.9. The summed E-state index contributed by atoms with van der Waals surface area (Å²) < 4.78 is 0. The first-order valence-electron chi connectivity index (χ1n) is 5.79. The van der Waals surface area contributed by atoms with Crippen LogP contribution in [0.4, 0.5) is 0 Å². The van der Waals surface area contributed by atoms with Gasteiger partial charge in [0.1, 0.15) is 0 Å². The molecule has 94 valence electrons. The van der Waals surface area contributed by atoms with Gasteiger partial charge in [-0.2, -0.15) is 0 Å². The highest BCUT2D eigenvalue weighted by Crippen LogP contribution is 2.35. The largest absolute Gasteiger partial charge is 0.326 e. The normalized spacial score (nSPS) is 10.7. The van der Waals surface area contributed by atoms with Crippen LogP contribution in [0, 0.1) is 13.8 Å². The van der Waals surface area contributed by atoms with E-state index >= 15 is 0 Å². The van der Waals surface area contributed by atoms with Gasteiger partial charge >= 0.3 is 0 Å². The molecule has 0 aromatic heterocycles. The molecule has 0 amide bonds.